The van der Waals surface area contributed by atoms with Crippen LogP contribution in [0.3, 0.4) is 0 Å². The largest absolute Gasteiger partial charge is 0.197 e. The Hall–Kier alpha value is -0.330. The maximum atomic E-state index is 8.64. The van der Waals surface area contributed by atoms with Gasteiger partial charge in [-0.15, -0.1) is 0 Å². The average molecular weight is 289 g/mol. The molecule has 62 valence electrons. The van der Waals surface area contributed by atoms with E-state index in [1.165, 1.54) is 0 Å². The fourth-order valence-electron chi connectivity index (χ4n) is 0.871. The van der Waals surface area contributed by atoms with Crippen LogP contribution in [0.4, 0.5) is 0 Å². The highest BCUT2D eigenvalue weighted by atomic mass is 79.9. The van der Waals surface area contributed by atoms with Gasteiger partial charge in [-0.05, 0) is 5.56 Å². The summed E-state index contributed by atoms with van der Waals surface area (Å²) >= 11 is 6.71. The highest BCUT2D eigenvalue weighted by Crippen LogP contribution is 2.30. The molecule has 0 aliphatic rings. The summed E-state index contributed by atoms with van der Waals surface area (Å²) in [6.45, 7) is 0. The minimum atomic E-state index is -0.181. The number of benzene rings is 1. The van der Waals surface area contributed by atoms with Gasteiger partial charge in [0, 0.05) is 0 Å². The topological polar surface area (TPSA) is 23.8 Å². The van der Waals surface area contributed by atoms with Crippen LogP contribution in [0.5, 0.6) is 0 Å². The van der Waals surface area contributed by atoms with Crippen molar-refractivity contribution in [1.82, 2.24) is 0 Å². The number of hydrogen-bond donors (Lipinski definition) is 0. The first-order valence-corrected chi connectivity index (χ1v) is 5.31. The van der Waals surface area contributed by atoms with Crippen LogP contribution in [0.15, 0.2) is 30.3 Å². The quantitative estimate of drug-likeness (QED) is 0.765. The van der Waals surface area contributed by atoms with E-state index in [9.17, 15) is 0 Å². The fraction of sp³-hybridized carbons (Fsp3) is 0.222. The molecule has 0 aliphatic carbocycles. The van der Waals surface area contributed by atoms with Crippen LogP contribution < -0.4 is 0 Å². The van der Waals surface area contributed by atoms with Crippen molar-refractivity contribution in [1.29, 1.82) is 5.26 Å². The van der Waals surface area contributed by atoms with Gasteiger partial charge in [-0.1, -0.05) is 62.2 Å². The van der Waals surface area contributed by atoms with Gasteiger partial charge in [0.2, 0.25) is 0 Å². The molecule has 3 heteroatoms. The number of hydrogen-bond acceptors (Lipinski definition) is 1. The minimum absolute atomic E-state index is 0.0590. The normalized spacial score (nSPS) is 14.8. The van der Waals surface area contributed by atoms with Crippen molar-refractivity contribution in [3.8, 4) is 6.07 Å². The summed E-state index contributed by atoms with van der Waals surface area (Å²) in [4.78, 5) is -0.122. The molecule has 2 atom stereocenters. The lowest BCUT2D eigenvalue weighted by molar-refractivity contribution is 1.03. The molecule has 0 heterocycles. The summed E-state index contributed by atoms with van der Waals surface area (Å²) in [7, 11) is 0. The second-order valence-electron chi connectivity index (χ2n) is 2.34. The van der Waals surface area contributed by atoms with Gasteiger partial charge < -0.3 is 0 Å². The van der Waals surface area contributed by atoms with Crippen LogP contribution in [-0.2, 0) is 0 Å². The first-order chi connectivity index (χ1) is 5.75. The van der Waals surface area contributed by atoms with Crippen LogP contribution in [0, 0.1) is 11.3 Å². The second kappa shape index (κ2) is 4.64. The molecule has 1 aromatic rings. The summed E-state index contributed by atoms with van der Waals surface area (Å²) < 4.78 is 0. The summed E-state index contributed by atoms with van der Waals surface area (Å²) in [6, 6.07) is 12.0. The Morgan fingerprint density at radius 1 is 1.17 bits per heavy atom. The summed E-state index contributed by atoms with van der Waals surface area (Å²) in [5, 5.41) is 8.64. The Morgan fingerprint density at radius 2 is 1.75 bits per heavy atom. The van der Waals surface area contributed by atoms with Gasteiger partial charge >= 0.3 is 0 Å². The van der Waals surface area contributed by atoms with Crippen LogP contribution in [-0.4, -0.2) is 4.83 Å². The van der Waals surface area contributed by atoms with E-state index in [4.69, 9.17) is 5.26 Å². The summed E-state index contributed by atoms with van der Waals surface area (Å²) in [5.74, 6) is 0. The third-order valence-electron chi connectivity index (χ3n) is 1.50. The maximum absolute atomic E-state index is 8.64. The summed E-state index contributed by atoms with van der Waals surface area (Å²) in [5.41, 5.74) is 1.11. The molecule has 12 heavy (non-hydrogen) atoms. The number of rotatable bonds is 2. The van der Waals surface area contributed by atoms with Crippen LogP contribution in [0.1, 0.15) is 10.4 Å². The van der Waals surface area contributed by atoms with E-state index in [0.29, 0.717) is 0 Å². The van der Waals surface area contributed by atoms with Gasteiger partial charge in [0.15, 0.2) is 0 Å². The zero-order valence-electron chi connectivity index (χ0n) is 6.24. The van der Waals surface area contributed by atoms with Gasteiger partial charge in [-0.2, -0.15) is 5.26 Å². The molecule has 0 aliphatic heterocycles. The highest BCUT2D eigenvalue weighted by Gasteiger charge is 2.15. The molecule has 0 N–H and O–H groups in total. The number of nitrogens with zero attached hydrogens (tertiary/aromatic N) is 1. The lowest BCUT2D eigenvalue weighted by atomic mass is 10.1. The molecule has 0 spiro atoms. The molecule has 1 rings (SSSR count). The van der Waals surface area contributed by atoms with Crippen LogP contribution in [0.25, 0.3) is 0 Å². The molecule has 0 radical (unpaired) electrons. The standard InChI is InChI=1S/C9H7Br2N/c10-8(6-12)9(11)7-4-2-1-3-5-7/h1-5,8-9H/t8-,9+/m0/s1. The fourth-order valence-corrected chi connectivity index (χ4v) is 1.60. The molecule has 0 bridgehead atoms. The van der Waals surface area contributed by atoms with E-state index in [1.807, 2.05) is 30.3 Å². The van der Waals surface area contributed by atoms with Gasteiger partial charge in [0.1, 0.15) is 4.83 Å². The van der Waals surface area contributed by atoms with Crippen LogP contribution >= 0.6 is 31.9 Å². The van der Waals surface area contributed by atoms with Crippen molar-refractivity contribution >= 4 is 31.9 Å². The zero-order chi connectivity index (χ0) is 8.97. The Bertz CT molecular complexity index is 278. The zero-order valence-corrected chi connectivity index (χ0v) is 9.42. The number of nitriles is 1. The molecule has 0 saturated carbocycles. The Morgan fingerprint density at radius 3 is 2.25 bits per heavy atom. The van der Waals surface area contributed by atoms with E-state index >= 15 is 0 Å². The van der Waals surface area contributed by atoms with Crippen molar-refractivity contribution in [3.05, 3.63) is 35.9 Å². The molecule has 0 fully saturated rings. The van der Waals surface area contributed by atoms with E-state index in [2.05, 4.69) is 37.9 Å². The molecular weight excluding hydrogens is 282 g/mol. The van der Waals surface area contributed by atoms with E-state index in [1.54, 1.807) is 0 Å². The molecule has 1 nitrogen and oxygen atoms in total. The first-order valence-electron chi connectivity index (χ1n) is 3.48. The van der Waals surface area contributed by atoms with Gasteiger partial charge in [0.25, 0.3) is 0 Å². The van der Waals surface area contributed by atoms with Crippen LogP contribution in [0.2, 0.25) is 0 Å². The Labute approximate surface area is 88.7 Å². The van der Waals surface area contributed by atoms with Gasteiger partial charge in [-0.3, -0.25) is 0 Å². The molecular formula is C9H7Br2N. The molecule has 0 unspecified atom stereocenters. The van der Waals surface area contributed by atoms with E-state index in [-0.39, 0.29) is 9.65 Å². The Kier molecular flexibility index (Phi) is 3.77. The van der Waals surface area contributed by atoms with Gasteiger partial charge in [-0.25, -0.2) is 0 Å². The lowest BCUT2D eigenvalue weighted by Gasteiger charge is -2.09. The van der Waals surface area contributed by atoms with Gasteiger partial charge in [0.05, 0.1) is 10.9 Å². The Balaban J connectivity index is 2.80. The maximum Gasteiger partial charge on any atom is 0.118 e. The SMILES string of the molecule is N#C[C@H](Br)[C@H](Br)c1ccccc1. The van der Waals surface area contributed by atoms with E-state index < -0.39 is 0 Å². The molecule has 0 saturated heterocycles. The third-order valence-corrected chi connectivity index (χ3v) is 4.00. The molecule has 0 aromatic heterocycles. The monoisotopic (exact) mass is 287 g/mol. The third kappa shape index (κ3) is 2.33. The van der Waals surface area contributed by atoms with E-state index in [0.717, 1.165) is 5.56 Å². The molecule has 1 aromatic carbocycles. The van der Waals surface area contributed by atoms with Crippen molar-refractivity contribution in [2.75, 3.05) is 0 Å². The number of alkyl halides is 2. The first kappa shape index (κ1) is 9.76. The predicted molar refractivity (Wildman–Crippen MR) is 56.4 cm³/mol. The average Bonchev–Trinajstić information content (AvgIpc) is 2.17. The highest BCUT2D eigenvalue weighted by molar-refractivity contribution is 9.12. The smallest absolute Gasteiger partial charge is 0.118 e. The minimum Gasteiger partial charge on any atom is -0.197 e. The second-order valence-corrected chi connectivity index (χ2v) is 4.32. The summed E-state index contributed by atoms with van der Waals surface area (Å²) in [6.07, 6.45) is 0. The lowest BCUT2D eigenvalue weighted by Crippen LogP contribution is -2.02. The van der Waals surface area contributed by atoms with Crippen molar-refractivity contribution in [2.45, 2.75) is 9.65 Å². The number of halogens is 2. The predicted octanol–water partition coefficient (Wildman–Crippen LogP) is 3.41. The molecule has 0 amide bonds. The van der Waals surface area contributed by atoms with Crippen molar-refractivity contribution < 1.29 is 0 Å². The van der Waals surface area contributed by atoms with Crippen molar-refractivity contribution in [2.24, 2.45) is 0 Å². The van der Waals surface area contributed by atoms with Crippen molar-refractivity contribution in [3.63, 3.8) is 0 Å².